The van der Waals surface area contributed by atoms with Crippen LogP contribution >= 0.6 is 11.3 Å². The molecule has 2 N–H and O–H groups in total. The first-order valence-electron chi connectivity index (χ1n) is 6.09. The number of likely N-dealkylation sites (tertiary alicyclic amines) is 1. The van der Waals surface area contributed by atoms with Crippen LogP contribution in [-0.2, 0) is 0 Å². The van der Waals surface area contributed by atoms with Gasteiger partial charge in [0.15, 0.2) is 0 Å². The van der Waals surface area contributed by atoms with E-state index in [1.54, 1.807) is 11.3 Å². The second-order valence-electron chi connectivity index (χ2n) is 4.71. The van der Waals surface area contributed by atoms with Gasteiger partial charge in [-0.1, -0.05) is 6.42 Å². The maximum Gasteiger partial charge on any atom is 0.0795 e. The van der Waals surface area contributed by atoms with Gasteiger partial charge in [0.2, 0.25) is 0 Å². The average molecular weight is 239 g/mol. The van der Waals surface area contributed by atoms with Crippen LogP contribution in [0.5, 0.6) is 0 Å². The first kappa shape index (κ1) is 12.0. The molecular weight excluding hydrogens is 218 g/mol. The summed E-state index contributed by atoms with van der Waals surface area (Å²) in [7, 11) is 0. The molecule has 1 aromatic heterocycles. The molecule has 0 aromatic carbocycles. The van der Waals surface area contributed by atoms with Crippen molar-refractivity contribution in [3.8, 4) is 0 Å². The lowest BCUT2D eigenvalue weighted by atomic mass is 9.94. The summed E-state index contributed by atoms with van der Waals surface area (Å²) in [6, 6.07) is 1.55. The summed E-state index contributed by atoms with van der Waals surface area (Å²) in [5.74, 6) is 0. The molecule has 0 radical (unpaired) electrons. The molecule has 0 spiro atoms. The van der Waals surface area contributed by atoms with E-state index in [-0.39, 0.29) is 0 Å². The Bertz CT molecular complexity index is 312. The topological polar surface area (TPSA) is 42.1 Å². The highest BCUT2D eigenvalue weighted by molar-refractivity contribution is 7.07. The Morgan fingerprint density at radius 2 is 2.44 bits per heavy atom. The van der Waals surface area contributed by atoms with Crippen LogP contribution in [0.15, 0.2) is 10.9 Å². The normalized spacial score (nSPS) is 29.2. The number of nitrogens with zero attached hydrogens (tertiary/aromatic N) is 2. The number of aromatic nitrogens is 1. The van der Waals surface area contributed by atoms with Gasteiger partial charge >= 0.3 is 0 Å². The quantitative estimate of drug-likeness (QED) is 0.880. The summed E-state index contributed by atoms with van der Waals surface area (Å²) >= 11 is 1.67. The second kappa shape index (κ2) is 5.25. The van der Waals surface area contributed by atoms with Gasteiger partial charge in [0.1, 0.15) is 0 Å². The third kappa shape index (κ3) is 2.29. The Labute approximate surface area is 102 Å². The Kier molecular flexibility index (Phi) is 3.95. The summed E-state index contributed by atoms with van der Waals surface area (Å²) in [5.41, 5.74) is 8.99. The van der Waals surface area contributed by atoms with Crippen molar-refractivity contribution >= 4 is 11.3 Å². The molecule has 1 aromatic rings. The van der Waals surface area contributed by atoms with Crippen molar-refractivity contribution in [1.29, 1.82) is 0 Å². The molecule has 2 heterocycles. The van der Waals surface area contributed by atoms with Crippen molar-refractivity contribution in [2.75, 3.05) is 6.54 Å². The Morgan fingerprint density at radius 1 is 1.62 bits per heavy atom. The number of piperidine rings is 1. The van der Waals surface area contributed by atoms with Crippen LogP contribution in [0.1, 0.15) is 44.8 Å². The number of hydrogen-bond donors (Lipinski definition) is 1. The van der Waals surface area contributed by atoms with E-state index in [2.05, 4.69) is 29.1 Å². The van der Waals surface area contributed by atoms with Crippen LogP contribution < -0.4 is 5.73 Å². The van der Waals surface area contributed by atoms with E-state index < -0.39 is 0 Å². The molecule has 1 saturated heterocycles. The SMILES string of the molecule is CC1CCCC(CN)N1C(C)c1cscn1. The molecule has 3 nitrogen and oxygen atoms in total. The number of nitrogens with two attached hydrogens (primary N) is 1. The van der Waals surface area contributed by atoms with Crippen LogP contribution in [0.2, 0.25) is 0 Å². The fourth-order valence-electron chi connectivity index (χ4n) is 2.83. The van der Waals surface area contributed by atoms with E-state index >= 15 is 0 Å². The third-order valence-electron chi connectivity index (χ3n) is 3.69. The Morgan fingerprint density at radius 3 is 3.06 bits per heavy atom. The van der Waals surface area contributed by atoms with Gasteiger partial charge in [-0.15, -0.1) is 11.3 Å². The molecule has 1 aliphatic rings. The fourth-order valence-corrected chi connectivity index (χ4v) is 3.47. The highest BCUT2D eigenvalue weighted by Crippen LogP contribution is 2.31. The van der Waals surface area contributed by atoms with Crippen molar-refractivity contribution in [1.82, 2.24) is 9.88 Å². The minimum absolute atomic E-state index is 0.398. The highest BCUT2D eigenvalue weighted by atomic mass is 32.1. The summed E-state index contributed by atoms with van der Waals surface area (Å²) < 4.78 is 0. The van der Waals surface area contributed by atoms with E-state index in [0.29, 0.717) is 18.1 Å². The molecule has 0 saturated carbocycles. The van der Waals surface area contributed by atoms with Crippen molar-refractivity contribution in [3.63, 3.8) is 0 Å². The van der Waals surface area contributed by atoms with E-state index in [0.717, 1.165) is 6.54 Å². The minimum Gasteiger partial charge on any atom is -0.329 e. The van der Waals surface area contributed by atoms with Gasteiger partial charge in [-0.2, -0.15) is 0 Å². The van der Waals surface area contributed by atoms with Crippen LogP contribution in [0.3, 0.4) is 0 Å². The molecule has 1 aliphatic heterocycles. The predicted molar refractivity (Wildman–Crippen MR) is 68.5 cm³/mol. The van der Waals surface area contributed by atoms with E-state index in [1.807, 2.05) is 5.51 Å². The maximum atomic E-state index is 5.89. The summed E-state index contributed by atoms with van der Waals surface area (Å²) in [4.78, 5) is 6.98. The van der Waals surface area contributed by atoms with Crippen molar-refractivity contribution < 1.29 is 0 Å². The molecule has 1 fully saturated rings. The van der Waals surface area contributed by atoms with Gasteiger partial charge in [-0.25, -0.2) is 4.98 Å². The summed E-state index contributed by atoms with van der Waals surface area (Å²) in [6.45, 7) is 5.32. The zero-order valence-corrected chi connectivity index (χ0v) is 10.9. The van der Waals surface area contributed by atoms with Gasteiger partial charge in [-0.05, 0) is 26.7 Å². The van der Waals surface area contributed by atoms with Crippen LogP contribution in [0.4, 0.5) is 0 Å². The molecule has 2 rings (SSSR count). The molecular formula is C12H21N3S. The maximum absolute atomic E-state index is 5.89. The Balaban J connectivity index is 2.15. The summed E-state index contributed by atoms with van der Waals surface area (Å²) in [5, 5.41) is 2.15. The van der Waals surface area contributed by atoms with Gasteiger partial charge in [0.05, 0.1) is 17.2 Å². The lowest BCUT2D eigenvalue weighted by Gasteiger charge is -2.43. The smallest absolute Gasteiger partial charge is 0.0795 e. The minimum atomic E-state index is 0.398. The van der Waals surface area contributed by atoms with Gasteiger partial charge in [-0.3, -0.25) is 4.90 Å². The second-order valence-corrected chi connectivity index (χ2v) is 5.42. The molecule has 3 unspecified atom stereocenters. The number of hydrogen-bond acceptors (Lipinski definition) is 4. The number of rotatable bonds is 3. The van der Waals surface area contributed by atoms with Crippen LogP contribution in [-0.4, -0.2) is 28.5 Å². The van der Waals surface area contributed by atoms with Gasteiger partial charge in [0.25, 0.3) is 0 Å². The molecule has 0 amide bonds. The molecule has 0 bridgehead atoms. The predicted octanol–water partition coefficient (Wildman–Crippen LogP) is 2.41. The number of thiazole rings is 1. The summed E-state index contributed by atoms with van der Waals surface area (Å²) in [6.07, 6.45) is 3.82. The molecule has 3 atom stereocenters. The monoisotopic (exact) mass is 239 g/mol. The van der Waals surface area contributed by atoms with Crippen LogP contribution in [0.25, 0.3) is 0 Å². The molecule has 4 heteroatoms. The largest absolute Gasteiger partial charge is 0.329 e. The lowest BCUT2D eigenvalue weighted by Crippen LogP contribution is -2.49. The first-order valence-corrected chi connectivity index (χ1v) is 7.04. The van der Waals surface area contributed by atoms with E-state index in [9.17, 15) is 0 Å². The standard InChI is InChI=1S/C12H21N3S/c1-9-4-3-5-11(6-13)15(9)10(2)12-7-16-8-14-12/h7-11H,3-6,13H2,1-2H3. The average Bonchev–Trinajstić information content (AvgIpc) is 2.81. The third-order valence-corrected chi connectivity index (χ3v) is 4.29. The van der Waals surface area contributed by atoms with Crippen molar-refractivity contribution in [2.45, 2.75) is 51.2 Å². The van der Waals surface area contributed by atoms with Gasteiger partial charge in [0, 0.05) is 24.0 Å². The van der Waals surface area contributed by atoms with Crippen molar-refractivity contribution in [2.24, 2.45) is 5.73 Å². The zero-order chi connectivity index (χ0) is 11.5. The lowest BCUT2D eigenvalue weighted by molar-refractivity contribution is 0.0555. The molecule has 0 aliphatic carbocycles. The first-order chi connectivity index (χ1) is 7.74. The van der Waals surface area contributed by atoms with Crippen molar-refractivity contribution in [3.05, 3.63) is 16.6 Å². The van der Waals surface area contributed by atoms with Gasteiger partial charge < -0.3 is 5.73 Å². The molecule has 90 valence electrons. The fraction of sp³-hybridized carbons (Fsp3) is 0.750. The van der Waals surface area contributed by atoms with E-state index in [4.69, 9.17) is 5.73 Å². The molecule has 16 heavy (non-hydrogen) atoms. The van der Waals surface area contributed by atoms with E-state index in [1.165, 1.54) is 25.0 Å². The van der Waals surface area contributed by atoms with Crippen LogP contribution in [0, 0.1) is 0 Å². The Hall–Kier alpha value is -0.450. The highest BCUT2D eigenvalue weighted by Gasteiger charge is 2.31. The zero-order valence-electron chi connectivity index (χ0n) is 10.1.